The lowest BCUT2D eigenvalue weighted by atomic mass is 10.1. The van der Waals surface area contributed by atoms with E-state index in [1.165, 1.54) is 0 Å². The van der Waals surface area contributed by atoms with E-state index < -0.39 is 0 Å². The van der Waals surface area contributed by atoms with E-state index in [9.17, 15) is 0 Å². The fourth-order valence-corrected chi connectivity index (χ4v) is 1.73. The third-order valence-corrected chi connectivity index (χ3v) is 2.36. The van der Waals surface area contributed by atoms with Crippen LogP contribution >= 0.6 is 0 Å². The molecule has 0 bridgehead atoms. The summed E-state index contributed by atoms with van der Waals surface area (Å²) in [5, 5.41) is 3.39. The number of hydrogen-bond donors (Lipinski definition) is 1. The monoisotopic (exact) mass is 199 g/mol. The Labute approximate surface area is 86.5 Å². The summed E-state index contributed by atoms with van der Waals surface area (Å²) in [4.78, 5) is 0. The molecule has 0 aromatic heterocycles. The lowest BCUT2D eigenvalue weighted by Crippen LogP contribution is -2.41. The molecule has 0 amide bonds. The largest absolute Gasteiger partial charge is 0.496 e. The third-order valence-electron chi connectivity index (χ3n) is 2.36. The van der Waals surface area contributed by atoms with Gasteiger partial charge in [-0.15, -0.1) is 0 Å². The zero-order valence-electron chi connectivity index (χ0n) is 9.38. The molecular formula is C11H21NO2. The van der Waals surface area contributed by atoms with E-state index in [0.717, 1.165) is 31.9 Å². The van der Waals surface area contributed by atoms with Crippen molar-refractivity contribution in [2.24, 2.45) is 0 Å². The highest BCUT2D eigenvalue weighted by molar-refractivity contribution is 5.09. The van der Waals surface area contributed by atoms with Crippen LogP contribution in [0.25, 0.3) is 0 Å². The maximum Gasteiger partial charge on any atom is 0.112 e. The van der Waals surface area contributed by atoms with Crippen molar-refractivity contribution >= 4 is 0 Å². The summed E-state index contributed by atoms with van der Waals surface area (Å²) >= 11 is 0. The van der Waals surface area contributed by atoms with Crippen molar-refractivity contribution in [3.63, 3.8) is 0 Å². The molecule has 0 aromatic rings. The quantitative estimate of drug-likeness (QED) is 0.706. The van der Waals surface area contributed by atoms with Crippen LogP contribution in [-0.4, -0.2) is 31.9 Å². The Kier molecular flexibility index (Phi) is 4.98. The topological polar surface area (TPSA) is 30.5 Å². The van der Waals surface area contributed by atoms with Crippen LogP contribution in [0.2, 0.25) is 0 Å². The van der Waals surface area contributed by atoms with E-state index in [2.05, 4.69) is 25.2 Å². The Morgan fingerprint density at radius 3 is 2.86 bits per heavy atom. The molecule has 3 heteroatoms. The summed E-state index contributed by atoms with van der Waals surface area (Å²) < 4.78 is 11.1. The van der Waals surface area contributed by atoms with Crippen molar-refractivity contribution in [1.82, 2.24) is 5.32 Å². The lowest BCUT2D eigenvalue weighted by Gasteiger charge is -2.25. The fourth-order valence-electron chi connectivity index (χ4n) is 1.73. The molecule has 0 saturated carbocycles. The Hall–Kier alpha value is -0.540. The van der Waals surface area contributed by atoms with Crippen LogP contribution in [0, 0.1) is 0 Å². The summed E-state index contributed by atoms with van der Waals surface area (Å²) in [6, 6.07) is 0.211. The van der Waals surface area contributed by atoms with E-state index >= 15 is 0 Å². The van der Waals surface area contributed by atoms with Crippen LogP contribution in [0.1, 0.15) is 27.2 Å². The molecule has 82 valence electrons. The first-order chi connectivity index (χ1) is 6.79. The maximum atomic E-state index is 5.59. The van der Waals surface area contributed by atoms with Crippen molar-refractivity contribution in [1.29, 1.82) is 0 Å². The van der Waals surface area contributed by atoms with Crippen molar-refractivity contribution in [2.45, 2.75) is 39.3 Å². The van der Waals surface area contributed by atoms with E-state index in [0.29, 0.717) is 0 Å². The minimum Gasteiger partial charge on any atom is -0.496 e. The van der Waals surface area contributed by atoms with Gasteiger partial charge in [-0.2, -0.15) is 0 Å². The molecule has 0 aliphatic carbocycles. The fraction of sp³-hybridized carbons (Fsp3) is 0.818. The second kappa shape index (κ2) is 6.04. The average molecular weight is 199 g/mol. The zero-order valence-corrected chi connectivity index (χ0v) is 9.38. The summed E-state index contributed by atoms with van der Waals surface area (Å²) in [6.07, 6.45) is 3.35. The Bertz CT molecular complexity index is 192. The number of hydrogen-bond acceptors (Lipinski definition) is 3. The second-order valence-corrected chi connectivity index (χ2v) is 3.44. The highest BCUT2D eigenvalue weighted by atomic mass is 16.5. The summed E-state index contributed by atoms with van der Waals surface area (Å²) in [5.74, 6) is 1.05. The predicted molar refractivity (Wildman–Crippen MR) is 57.2 cm³/mol. The van der Waals surface area contributed by atoms with Crippen LogP contribution in [0.3, 0.4) is 0 Å². The summed E-state index contributed by atoms with van der Waals surface area (Å²) in [5.41, 5.74) is 0. The smallest absolute Gasteiger partial charge is 0.112 e. The standard InChI is InChI=1S/C11H21NO2/c1-4-12-11(9(3)13-5-2)10-7-6-8-14-10/h7,9,11-12H,4-6,8H2,1-3H3. The molecule has 1 aliphatic rings. The molecule has 0 aromatic carbocycles. The van der Waals surface area contributed by atoms with Gasteiger partial charge in [0.05, 0.1) is 18.8 Å². The highest BCUT2D eigenvalue weighted by Crippen LogP contribution is 2.17. The Balaban J connectivity index is 2.52. The SMILES string of the molecule is CCNC(C1=CCCO1)C(C)OCC. The van der Waals surface area contributed by atoms with Crippen LogP contribution in [0.4, 0.5) is 0 Å². The molecule has 2 atom stereocenters. The summed E-state index contributed by atoms with van der Waals surface area (Å²) in [7, 11) is 0. The average Bonchev–Trinajstić information content (AvgIpc) is 2.67. The summed E-state index contributed by atoms with van der Waals surface area (Å²) in [6.45, 7) is 8.69. The molecule has 0 radical (unpaired) electrons. The van der Waals surface area contributed by atoms with Gasteiger partial charge in [-0.05, 0) is 26.5 Å². The van der Waals surface area contributed by atoms with Gasteiger partial charge in [0.1, 0.15) is 5.76 Å². The highest BCUT2D eigenvalue weighted by Gasteiger charge is 2.24. The van der Waals surface area contributed by atoms with Gasteiger partial charge in [0.2, 0.25) is 0 Å². The number of rotatable bonds is 6. The van der Waals surface area contributed by atoms with Gasteiger partial charge in [0, 0.05) is 13.0 Å². The predicted octanol–water partition coefficient (Wildman–Crippen LogP) is 1.69. The van der Waals surface area contributed by atoms with Crippen LogP contribution in [0.5, 0.6) is 0 Å². The van der Waals surface area contributed by atoms with Crippen molar-refractivity contribution in [3.05, 3.63) is 11.8 Å². The van der Waals surface area contributed by atoms with E-state index in [-0.39, 0.29) is 12.1 Å². The minimum absolute atomic E-state index is 0.171. The molecule has 3 nitrogen and oxygen atoms in total. The van der Waals surface area contributed by atoms with Crippen molar-refractivity contribution in [3.8, 4) is 0 Å². The van der Waals surface area contributed by atoms with Gasteiger partial charge in [0.25, 0.3) is 0 Å². The number of nitrogens with one attached hydrogen (secondary N) is 1. The molecule has 1 rings (SSSR count). The normalized spacial score (nSPS) is 20.1. The van der Waals surface area contributed by atoms with E-state index in [1.54, 1.807) is 0 Å². The molecule has 0 spiro atoms. The molecule has 1 heterocycles. The van der Waals surface area contributed by atoms with Crippen LogP contribution < -0.4 is 5.32 Å². The number of likely N-dealkylation sites (N-methyl/N-ethyl adjacent to an activating group) is 1. The minimum atomic E-state index is 0.171. The van der Waals surface area contributed by atoms with Gasteiger partial charge in [-0.1, -0.05) is 6.92 Å². The molecule has 14 heavy (non-hydrogen) atoms. The lowest BCUT2D eigenvalue weighted by molar-refractivity contribution is 0.0411. The van der Waals surface area contributed by atoms with Gasteiger partial charge < -0.3 is 14.8 Å². The first-order valence-corrected chi connectivity index (χ1v) is 5.47. The van der Waals surface area contributed by atoms with E-state index in [1.807, 2.05) is 6.92 Å². The first-order valence-electron chi connectivity index (χ1n) is 5.47. The van der Waals surface area contributed by atoms with Gasteiger partial charge >= 0.3 is 0 Å². The van der Waals surface area contributed by atoms with Crippen molar-refractivity contribution in [2.75, 3.05) is 19.8 Å². The Morgan fingerprint density at radius 2 is 2.36 bits per heavy atom. The third kappa shape index (κ3) is 3.00. The molecule has 1 aliphatic heterocycles. The van der Waals surface area contributed by atoms with E-state index in [4.69, 9.17) is 9.47 Å². The van der Waals surface area contributed by atoms with Crippen molar-refractivity contribution < 1.29 is 9.47 Å². The molecule has 0 fully saturated rings. The number of ether oxygens (including phenoxy) is 2. The Morgan fingerprint density at radius 1 is 1.57 bits per heavy atom. The van der Waals surface area contributed by atoms with Gasteiger partial charge in [0.15, 0.2) is 0 Å². The first kappa shape index (κ1) is 11.5. The molecular weight excluding hydrogens is 178 g/mol. The molecule has 0 saturated heterocycles. The zero-order chi connectivity index (χ0) is 10.4. The van der Waals surface area contributed by atoms with Crippen LogP contribution in [-0.2, 0) is 9.47 Å². The second-order valence-electron chi connectivity index (χ2n) is 3.44. The van der Waals surface area contributed by atoms with Crippen LogP contribution in [0.15, 0.2) is 11.8 Å². The maximum absolute atomic E-state index is 5.59. The molecule has 1 N–H and O–H groups in total. The van der Waals surface area contributed by atoms with Gasteiger partial charge in [-0.3, -0.25) is 0 Å². The molecule has 2 unspecified atom stereocenters. The van der Waals surface area contributed by atoms with Gasteiger partial charge in [-0.25, -0.2) is 0 Å².